The van der Waals surface area contributed by atoms with Gasteiger partial charge in [-0.1, -0.05) is 0 Å². The van der Waals surface area contributed by atoms with Crippen molar-refractivity contribution >= 4 is 23.5 Å². The van der Waals surface area contributed by atoms with Crippen molar-refractivity contribution in [3.8, 4) is 0 Å². The summed E-state index contributed by atoms with van der Waals surface area (Å²) >= 11 is 0. The molecule has 0 aliphatic carbocycles. The molecule has 0 saturated carbocycles. The largest absolute Gasteiger partial charge is 0.470 e. The number of ether oxygens (including phenoxy) is 3. The summed E-state index contributed by atoms with van der Waals surface area (Å²) in [4.78, 5) is 53.4. The Bertz CT molecular complexity index is 666. The quantitative estimate of drug-likeness (QED) is 0.180. The molecule has 0 bridgehead atoms. The minimum absolute atomic E-state index is 0.219. The zero-order chi connectivity index (χ0) is 21.3. The van der Waals surface area contributed by atoms with E-state index in [4.69, 9.17) is 43.6 Å². The van der Waals surface area contributed by atoms with Crippen LogP contribution in [0, 0.1) is 0 Å². The van der Waals surface area contributed by atoms with Gasteiger partial charge in [0.25, 0.3) is 0 Å². The van der Waals surface area contributed by atoms with Gasteiger partial charge in [-0.2, -0.15) is 0 Å². The van der Waals surface area contributed by atoms with Crippen LogP contribution in [-0.2, 0) is 41.5 Å². The Hall–Kier alpha value is 0.170. The van der Waals surface area contributed by atoms with Crippen LogP contribution in [0.5, 0.6) is 0 Å². The number of aliphatic hydroxyl groups excluding tert-OH is 1. The Kier molecular flexibility index (Phi) is 7.96. The molecule has 2 rings (SSSR count). The van der Waals surface area contributed by atoms with Crippen LogP contribution in [-0.4, -0.2) is 91.1 Å². The average Bonchev–Trinajstić information content (AvgIpc) is 2.88. The van der Waals surface area contributed by atoms with Gasteiger partial charge in [0.05, 0.1) is 19.8 Å². The highest BCUT2D eigenvalue weighted by molar-refractivity contribution is 7.46. The van der Waals surface area contributed by atoms with Crippen LogP contribution in [0.4, 0.5) is 0 Å². The predicted molar refractivity (Wildman–Crippen MR) is 82.2 cm³/mol. The van der Waals surface area contributed by atoms with E-state index >= 15 is 0 Å². The number of aliphatic hydroxyl groups is 1. The lowest BCUT2D eigenvalue weighted by atomic mass is 10.1. The molecule has 19 heteroatoms. The van der Waals surface area contributed by atoms with Crippen molar-refractivity contribution in [1.82, 2.24) is 0 Å². The fraction of sp³-hybridized carbons (Fsp3) is 1.00. The molecule has 28 heavy (non-hydrogen) atoms. The van der Waals surface area contributed by atoms with E-state index in [2.05, 4.69) is 13.6 Å². The monoisotopic (exact) mass is 476 g/mol. The maximum Gasteiger partial charge on any atom is 0.470 e. The van der Waals surface area contributed by atoms with Crippen molar-refractivity contribution in [3.63, 3.8) is 0 Å². The second-order valence-electron chi connectivity index (χ2n) is 5.73. The molecule has 2 aliphatic heterocycles. The third-order valence-corrected chi connectivity index (χ3v) is 5.11. The average molecular weight is 476 g/mol. The van der Waals surface area contributed by atoms with Gasteiger partial charge in [-0.25, -0.2) is 13.7 Å². The van der Waals surface area contributed by atoms with Gasteiger partial charge in [0.2, 0.25) is 0 Å². The van der Waals surface area contributed by atoms with Crippen LogP contribution in [0.15, 0.2) is 0 Å². The topological polar surface area (TPSA) is 248 Å². The zero-order valence-electron chi connectivity index (χ0n) is 13.7. The van der Waals surface area contributed by atoms with Crippen LogP contribution in [0.1, 0.15) is 0 Å². The second-order valence-corrected chi connectivity index (χ2v) is 9.31. The molecule has 0 unspecified atom stereocenters. The zero-order valence-corrected chi connectivity index (χ0v) is 16.4. The lowest BCUT2D eigenvalue weighted by Gasteiger charge is -2.40. The number of hydrogen-bond donors (Lipinski definition) is 7. The summed E-state index contributed by atoms with van der Waals surface area (Å²) < 4.78 is 61.6. The van der Waals surface area contributed by atoms with E-state index in [0.717, 1.165) is 0 Å². The maximum absolute atomic E-state index is 11.1. The van der Waals surface area contributed by atoms with Crippen LogP contribution in [0.3, 0.4) is 0 Å². The summed E-state index contributed by atoms with van der Waals surface area (Å²) in [5, 5.41) is 10.3. The van der Waals surface area contributed by atoms with Crippen LogP contribution < -0.4 is 0 Å². The molecule has 6 atom stereocenters. The summed E-state index contributed by atoms with van der Waals surface area (Å²) in [7, 11) is -15.3. The molecule has 2 heterocycles. The van der Waals surface area contributed by atoms with E-state index in [1.165, 1.54) is 0 Å². The Morgan fingerprint density at radius 1 is 0.714 bits per heavy atom. The molecule has 2 saturated heterocycles. The van der Waals surface area contributed by atoms with Gasteiger partial charge in [0.15, 0.2) is 6.29 Å². The van der Waals surface area contributed by atoms with Gasteiger partial charge in [-0.05, 0) is 0 Å². The second kappa shape index (κ2) is 9.12. The van der Waals surface area contributed by atoms with Gasteiger partial charge in [0.1, 0.15) is 30.5 Å². The van der Waals surface area contributed by atoms with E-state index in [0.29, 0.717) is 0 Å². The van der Waals surface area contributed by atoms with Crippen molar-refractivity contribution in [2.45, 2.75) is 36.8 Å². The molecule has 0 spiro atoms. The minimum Gasteiger partial charge on any atom is -0.385 e. The van der Waals surface area contributed by atoms with Gasteiger partial charge in [-0.3, -0.25) is 13.6 Å². The summed E-state index contributed by atoms with van der Waals surface area (Å²) in [5.74, 6) is 0. The molecule has 0 aromatic rings. The molecule has 2 fully saturated rings. The molecular weight excluding hydrogens is 457 g/mol. The highest BCUT2D eigenvalue weighted by Crippen LogP contribution is 2.46. The number of rotatable bonds is 8. The Morgan fingerprint density at radius 3 is 1.75 bits per heavy atom. The Labute approximate surface area is 157 Å². The fourth-order valence-corrected chi connectivity index (χ4v) is 4.18. The molecular formula is C9H19O16P3. The first kappa shape index (κ1) is 24.4. The molecule has 166 valence electrons. The lowest BCUT2D eigenvalue weighted by Crippen LogP contribution is -2.56. The normalized spacial score (nSPS) is 35.2. The van der Waals surface area contributed by atoms with Gasteiger partial charge < -0.3 is 48.7 Å². The standard InChI is InChI=1S/C9H19O16P3/c10-7-8(25-28(17,18)19)6(24-27(14,15)16)3-21-9(7)22-4-1-20-2-5(4)23-26(11,12)13/h4-10H,1-3H2,(H2,11,12,13)(H2,14,15,16)(H2,17,18,19)/t4-,5+,6-,7-,8+,9-/m1/s1. The third kappa shape index (κ3) is 7.78. The van der Waals surface area contributed by atoms with E-state index in [1.807, 2.05) is 0 Å². The van der Waals surface area contributed by atoms with Gasteiger partial charge in [-0.15, -0.1) is 0 Å². The number of hydrogen-bond acceptors (Lipinski definition) is 10. The molecule has 0 aromatic heterocycles. The van der Waals surface area contributed by atoms with Crippen LogP contribution in [0.2, 0.25) is 0 Å². The number of phosphoric ester groups is 3. The van der Waals surface area contributed by atoms with Crippen molar-refractivity contribution in [3.05, 3.63) is 0 Å². The first-order valence-electron chi connectivity index (χ1n) is 7.39. The van der Waals surface area contributed by atoms with Crippen LogP contribution in [0.25, 0.3) is 0 Å². The van der Waals surface area contributed by atoms with E-state index in [1.54, 1.807) is 0 Å². The molecule has 0 radical (unpaired) electrons. The molecule has 0 amide bonds. The van der Waals surface area contributed by atoms with Crippen molar-refractivity contribution in [2.24, 2.45) is 0 Å². The Morgan fingerprint density at radius 2 is 1.21 bits per heavy atom. The van der Waals surface area contributed by atoms with Crippen LogP contribution >= 0.6 is 23.5 Å². The first-order valence-corrected chi connectivity index (χ1v) is 12.0. The summed E-state index contributed by atoms with van der Waals surface area (Å²) in [5.41, 5.74) is 0. The summed E-state index contributed by atoms with van der Waals surface area (Å²) in [6, 6.07) is 0. The number of phosphoric acid groups is 3. The van der Waals surface area contributed by atoms with E-state index < -0.39 is 66.9 Å². The summed E-state index contributed by atoms with van der Waals surface area (Å²) in [6.45, 7) is -1.19. The SMILES string of the molecule is O=P(O)(O)O[C@@H]1[C@@H](O)[C@@H](O[C@@H]2COC[C@@H]2OP(=O)(O)O)OC[C@H]1OP(=O)(O)O. The highest BCUT2D eigenvalue weighted by atomic mass is 31.2. The molecule has 2 aliphatic rings. The lowest BCUT2D eigenvalue weighted by molar-refractivity contribution is -0.281. The first-order chi connectivity index (χ1) is 12.6. The van der Waals surface area contributed by atoms with E-state index in [-0.39, 0.29) is 13.2 Å². The Balaban J connectivity index is 2.11. The molecule has 16 nitrogen and oxygen atoms in total. The predicted octanol–water partition coefficient (Wildman–Crippen LogP) is -2.45. The molecule has 7 N–H and O–H groups in total. The van der Waals surface area contributed by atoms with Gasteiger partial charge >= 0.3 is 23.5 Å². The third-order valence-electron chi connectivity index (χ3n) is 3.50. The molecule has 0 aromatic carbocycles. The van der Waals surface area contributed by atoms with Crippen molar-refractivity contribution in [2.75, 3.05) is 19.8 Å². The minimum atomic E-state index is -5.23. The van der Waals surface area contributed by atoms with E-state index in [9.17, 15) is 18.8 Å². The fourth-order valence-electron chi connectivity index (χ4n) is 2.52. The highest BCUT2D eigenvalue weighted by Gasteiger charge is 2.49. The van der Waals surface area contributed by atoms with Crippen molar-refractivity contribution < 1.29 is 75.9 Å². The maximum atomic E-state index is 11.1. The smallest absolute Gasteiger partial charge is 0.385 e. The van der Waals surface area contributed by atoms with Crippen molar-refractivity contribution in [1.29, 1.82) is 0 Å². The summed E-state index contributed by atoms with van der Waals surface area (Å²) in [6.07, 6.45) is -9.85. The van der Waals surface area contributed by atoms with Gasteiger partial charge in [0, 0.05) is 0 Å².